The zero-order chi connectivity index (χ0) is 12.0. The molecule has 0 fully saturated rings. The SMILES string of the molecule is CCCNC(=O)CNc1ccc(N)cc1Cl. The average Bonchev–Trinajstić information content (AvgIpc) is 2.25. The molecule has 0 unspecified atom stereocenters. The van der Waals surface area contributed by atoms with Gasteiger partial charge in [-0.3, -0.25) is 4.79 Å². The lowest BCUT2D eigenvalue weighted by Gasteiger charge is -2.09. The molecule has 0 atom stereocenters. The normalized spacial score (nSPS) is 9.88. The molecule has 1 aromatic rings. The predicted molar refractivity (Wildman–Crippen MR) is 67.7 cm³/mol. The van der Waals surface area contributed by atoms with Crippen LogP contribution in [0, 0.1) is 0 Å². The molecule has 4 N–H and O–H groups in total. The summed E-state index contributed by atoms with van der Waals surface area (Å²) in [6.07, 6.45) is 0.925. The van der Waals surface area contributed by atoms with E-state index in [1.807, 2.05) is 6.92 Å². The minimum absolute atomic E-state index is 0.0465. The summed E-state index contributed by atoms with van der Waals surface area (Å²) in [6, 6.07) is 5.14. The third-order valence-electron chi connectivity index (χ3n) is 2.00. The number of hydrogen-bond acceptors (Lipinski definition) is 3. The van der Waals surface area contributed by atoms with Crippen LogP contribution in [0.2, 0.25) is 5.02 Å². The third-order valence-corrected chi connectivity index (χ3v) is 2.32. The zero-order valence-corrected chi connectivity index (χ0v) is 9.97. The van der Waals surface area contributed by atoms with Gasteiger partial charge in [-0.05, 0) is 24.6 Å². The molecule has 1 amide bonds. The lowest BCUT2D eigenvalue weighted by Crippen LogP contribution is -2.30. The lowest BCUT2D eigenvalue weighted by molar-refractivity contribution is -0.119. The van der Waals surface area contributed by atoms with Gasteiger partial charge >= 0.3 is 0 Å². The summed E-state index contributed by atoms with van der Waals surface area (Å²) in [5.41, 5.74) is 6.87. The van der Waals surface area contributed by atoms with Crippen LogP contribution in [-0.4, -0.2) is 19.0 Å². The summed E-state index contributed by atoms with van der Waals surface area (Å²) in [5.74, 6) is -0.0465. The predicted octanol–water partition coefficient (Wildman–Crippen LogP) is 1.86. The largest absolute Gasteiger partial charge is 0.399 e. The van der Waals surface area contributed by atoms with Crippen LogP contribution < -0.4 is 16.4 Å². The molecule has 0 saturated heterocycles. The Morgan fingerprint density at radius 3 is 2.88 bits per heavy atom. The summed E-state index contributed by atoms with van der Waals surface area (Å²) in [5, 5.41) is 6.23. The molecule has 0 heterocycles. The molecule has 1 rings (SSSR count). The van der Waals surface area contributed by atoms with Crippen molar-refractivity contribution in [3.05, 3.63) is 23.2 Å². The molecule has 0 aliphatic rings. The van der Waals surface area contributed by atoms with Gasteiger partial charge in [-0.15, -0.1) is 0 Å². The highest BCUT2D eigenvalue weighted by Gasteiger charge is 2.03. The molecule has 1 aromatic carbocycles. The van der Waals surface area contributed by atoms with Gasteiger partial charge in [0.25, 0.3) is 0 Å². The first-order valence-electron chi connectivity index (χ1n) is 5.19. The van der Waals surface area contributed by atoms with Crippen LogP contribution in [0.4, 0.5) is 11.4 Å². The minimum atomic E-state index is -0.0465. The van der Waals surface area contributed by atoms with E-state index in [-0.39, 0.29) is 12.5 Å². The van der Waals surface area contributed by atoms with Crippen LogP contribution in [-0.2, 0) is 4.79 Å². The van der Waals surface area contributed by atoms with Crippen LogP contribution in [0.3, 0.4) is 0 Å². The second-order valence-electron chi connectivity index (χ2n) is 3.44. The topological polar surface area (TPSA) is 67.2 Å². The van der Waals surface area contributed by atoms with Crippen LogP contribution in [0.25, 0.3) is 0 Å². The molecule has 0 aliphatic carbocycles. The summed E-state index contributed by atoms with van der Waals surface area (Å²) < 4.78 is 0. The van der Waals surface area contributed by atoms with Crippen molar-refractivity contribution in [3.8, 4) is 0 Å². The van der Waals surface area contributed by atoms with Crippen molar-refractivity contribution in [2.24, 2.45) is 0 Å². The summed E-state index contributed by atoms with van der Waals surface area (Å²) in [4.78, 5) is 11.3. The fourth-order valence-corrected chi connectivity index (χ4v) is 1.43. The number of carbonyl (C=O) groups is 1. The summed E-state index contributed by atoms with van der Waals surface area (Å²) in [6.45, 7) is 2.91. The van der Waals surface area contributed by atoms with Crippen molar-refractivity contribution in [2.75, 3.05) is 24.1 Å². The van der Waals surface area contributed by atoms with E-state index < -0.39 is 0 Å². The minimum Gasteiger partial charge on any atom is -0.399 e. The van der Waals surface area contributed by atoms with Crippen molar-refractivity contribution in [2.45, 2.75) is 13.3 Å². The van der Waals surface area contributed by atoms with Crippen molar-refractivity contribution >= 4 is 28.9 Å². The van der Waals surface area contributed by atoms with Gasteiger partial charge in [0.05, 0.1) is 17.3 Å². The van der Waals surface area contributed by atoms with Crippen molar-refractivity contribution in [1.29, 1.82) is 0 Å². The Bertz CT molecular complexity index is 368. The number of amides is 1. The van der Waals surface area contributed by atoms with Crippen molar-refractivity contribution in [1.82, 2.24) is 5.32 Å². The van der Waals surface area contributed by atoms with E-state index >= 15 is 0 Å². The Labute approximate surface area is 100 Å². The molecule has 0 aliphatic heterocycles. The Balaban J connectivity index is 2.45. The molecular formula is C11H16ClN3O. The molecule has 0 spiro atoms. The highest BCUT2D eigenvalue weighted by atomic mass is 35.5. The smallest absolute Gasteiger partial charge is 0.239 e. The maximum atomic E-state index is 11.3. The first-order valence-corrected chi connectivity index (χ1v) is 5.57. The van der Waals surface area contributed by atoms with E-state index in [2.05, 4.69) is 10.6 Å². The van der Waals surface area contributed by atoms with Gasteiger partial charge in [-0.1, -0.05) is 18.5 Å². The van der Waals surface area contributed by atoms with Gasteiger partial charge in [0.1, 0.15) is 0 Å². The number of rotatable bonds is 5. The fourth-order valence-electron chi connectivity index (χ4n) is 1.18. The van der Waals surface area contributed by atoms with Gasteiger partial charge in [-0.25, -0.2) is 0 Å². The van der Waals surface area contributed by atoms with Gasteiger partial charge in [0.2, 0.25) is 5.91 Å². The number of halogens is 1. The highest BCUT2D eigenvalue weighted by molar-refractivity contribution is 6.33. The molecule has 4 nitrogen and oxygen atoms in total. The number of anilines is 2. The maximum Gasteiger partial charge on any atom is 0.239 e. The molecule has 0 saturated carbocycles. The standard InChI is InChI=1S/C11H16ClN3O/c1-2-5-14-11(16)7-15-10-4-3-8(13)6-9(10)12/h3-4,6,15H,2,5,7,13H2,1H3,(H,14,16). The van der Waals surface area contributed by atoms with Crippen molar-refractivity contribution in [3.63, 3.8) is 0 Å². The maximum absolute atomic E-state index is 11.3. The molecule has 5 heteroatoms. The molecular weight excluding hydrogens is 226 g/mol. The average molecular weight is 242 g/mol. The Hall–Kier alpha value is -1.42. The number of hydrogen-bond donors (Lipinski definition) is 3. The monoisotopic (exact) mass is 241 g/mol. The molecule has 16 heavy (non-hydrogen) atoms. The number of nitrogens with two attached hydrogens (primary N) is 1. The van der Waals surface area contributed by atoms with E-state index in [4.69, 9.17) is 17.3 Å². The van der Waals surface area contributed by atoms with Gasteiger partial charge < -0.3 is 16.4 Å². The van der Waals surface area contributed by atoms with E-state index in [0.717, 1.165) is 6.42 Å². The van der Waals surface area contributed by atoms with E-state index in [1.54, 1.807) is 18.2 Å². The number of carbonyl (C=O) groups excluding carboxylic acids is 1. The summed E-state index contributed by atoms with van der Waals surface area (Å²) in [7, 11) is 0. The molecule has 0 bridgehead atoms. The van der Waals surface area contributed by atoms with Gasteiger partial charge in [0, 0.05) is 12.2 Å². The van der Waals surface area contributed by atoms with Gasteiger partial charge in [-0.2, -0.15) is 0 Å². The quantitative estimate of drug-likeness (QED) is 0.690. The molecule has 88 valence electrons. The lowest BCUT2D eigenvalue weighted by atomic mass is 10.3. The van der Waals surface area contributed by atoms with E-state index in [1.165, 1.54) is 0 Å². The Kier molecular flexibility index (Phi) is 4.92. The van der Waals surface area contributed by atoms with Crippen LogP contribution in [0.1, 0.15) is 13.3 Å². The fraction of sp³-hybridized carbons (Fsp3) is 0.364. The van der Waals surface area contributed by atoms with Crippen LogP contribution in [0.15, 0.2) is 18.2 Å². The number of nitrogens with one attached hydrogen (secondary N) is 2. The molecule has 0 radical (unpaired) electrons. The number of nitrogen functional groups attached to an aromatic ring is 1. The second-order valence-corrected chi connectivity index (χ2v) is 3.85. The van der Waals surface area contributed by atoms with Crippen LogP contribution >= 0.6 is 11.6 Å². The zero-order valence-electron chi connectivity index (χ0n) is 9.22. The first-order chi connectivity index (χ1) is 7.63. The number of benzene rings is 1. The van der Waals surface area contributed by atoms with E-state index in [0.29, 0.717) is 22.9 Å². The first kappa shape index (κ1) is 12.6. The molecule has 0 aromatic heterocycles. The van der Waals surface area contributed by atoms with E-state index in [9.17, 15) is 4.79 Å². The van der Waals surface area contributed by atoms with Crippen LogP contribution in [0.5, 0.6) is 0 Å². The highest BCUT2D eigenvalue weighted by Crippen LogP contribution is 2.23. The Morgan fingerprint density at radius 1 is 1.50 bits per heavy atom. The Morgan fingerprint density at radius 2 is 2.25 bits per heavy atom. The second kappa shape index (κ2) is 6.23. The summed E-state index contributed by atoms with van der Waals surface area (Å²) >= 11 is 5.94. The van der Waals surface area contributed by atoms with Crippen molar-refractivity contribution < 1.29 is 4.79 Å². The third kappa shape index (κ3) is 3.98. The van der Waals surface area contributed by atoms with Gasteiger partial charge in [0.15, 0.2) is 0 Å².